The predicted molar refractivity (Wildman–Crippen MR) is 64.1 cm³/mol. The first-order valence-corrected chi connectivity index (χ1v) is 6.48. The van der Waals surface area contributed by atoms with E-state index in [0.29, 0.717) is 11.1 Å². The SMILES string of the molecule is Cn1ncnc1Sc1cc(Cl)nc(C2CC2)n1. The zero-order valence-electron chi connectivity index (χ0n) is 9.17. The molecule has 17 heavy (non-hydrogen) atoms. The van der Waals surface area contributed by atoms with Crippen molar-refractivity contribution >= 4 is 23.4 Å². The Morgan fingerprint density at radius 2 is 2.24 bits per heavy atom. The predicted octanol–water partition coefficient (Wildman–Crippen LogP) is 2.29. The van der Waals surface area contributed by atoms with Crippen molar-refractivity contribution in [3.05, 3.63) is 23.4 Å². The molecule has 0 aliphatic heterocycles. The highest BCUT2D eigenvalue weighted by Gasteiger charge is 2.27. The smallest absolute Gasteiger partial charge is 0.192 e. The fourth-order valence-electron chi connectivity index (χ4n) is 1.46. The molecule has 0 atom stereocenters. The van der Waals surface area contributed by atoms with Crippen LogP contribution in [0, 0.1) is 0 Å². The molecule has 2 aromatic rings. The molecule has 7 heteroatoms. The minimum absolute atomic E-state index is 0.492. The molecule has 1 aliphatic carbocycles. The molecule has 0 unspecified atom stereocenters. The summed E-state index contributed by atoms with van der Waals surface area (Å²) in [5.41, 5.74) is 0. The zero-order valence-corrected chi connectivity index (χ0v) is 10.7. The quantitative estimate of drug-likeness (QED) is 0.799. The van der Waals surface area contributed by atoms with Crippen molar-refractivity contribution in [3.63, 3.8) is 0 Å². The molecule has 1 saturated carbocycles. The van der Waals surface area contributed by atoms with Crippen molar-refractivity contribution in [1.82, 2.24) is 24.7 Å². The Labute approximate surface area is 108 Å². The first kappa shape index (κ1) is 11.0. The van der Waals surface area contributed by atoms with E-state index in [1.165, 1.54) is 18.1 Å². The van der Waals surface area contributed by atoms with Crippen LogP contribution in [0.1, 0.15) is 24.6 Å². The van der Waals surface area contributed by atoms with Crippen molar-refractivity contribution < 1.29 is 0 Å². The van der Waals surface area contributed by atoms with Crippen LogP contribution in [0.15, 0.2) is 22.6 Å². The third kappa shape index (κ3) is 2.42. The fraction of sp³-hybridized carbons (Fsp3) is 0.400. The van der Waals surface area contributed by atoms with Gasteiger partial charge >= 0.3 is 0 Å². The lowest BCUT2D eigenvalue weighted by molar-refractivity contribution is 0.684. The third-order valence-electron chi connectivity index (χ3n) is 2.50. The largest absolute Gasteiger partial charge is 0.244 e. The van der Waals surface area contributed by atoms with Gasteiger partial charge in [-0.25, -0.2) is 19.6 Å². The molecular weight excluding hydrogens is 258 g/mol. The van der Waals surface area contributed by atoms with Crippen LogP contribution in [-0.2, 0) is 7.05 Å². The molecule has 3 rings (SSSR count). The minimum atomic E-state index is 0.492. The molecule has 2 heterocycles. The fourth-order valence-corrected chi connectivity index (χ4v) is 2.49. The van der Waals surface area contributed by atoms with Gasteiger partial charge in [-0.05, 0) is 24.6 Å². The van der Waals surface area contributed by atoms with Gasteiger partial charge in [0.2, 0.25) is 0 Å². The van der Waals surface area contributed by atoms with Crippen LogP contribution >= 0.6 is 23.4 Å². The van der Waals surface area contributed by atoms with Crippen LogP contribution in [0.25, 0.3) is 0 Å². The summed E-state index contributed by atoms with van der Waals surface area (Å²) in [5, 5.41) is 6.12. The number of hydrogen-bond donors (Lipinski definition) is 0. The maximum atomic E-state index is 5.99. The summed E-state index contributed by atoms with van der Waals surface area (Å²) in [6.07, 6.45) is 3.84. The molecule has 5 nitrogen and oxygen atoms in total. The second-order valence-electron chi connectivity index (χ2n) is 3.93. The molecule has 0 aromatic carbocycles. The van der Waals surface area contributed by atoms with Crippen LogP contribution in [0.4, 0.5) is 0 Å². The number of hydrogen-bond acceptors (Lipinski definition) is 5. The zero-order chi connectivity index (χ0) is 11.8. The topological polar surface area (TPSA) is 56.5 Å². The van der Waals surface area contributed by atoms with E-state index in [1.807, 2.05) is 7.05 Å². The van der Waals surface area contributed by atoms with Crippen molar-refractivity contribution in [2.24, 2.45) is 7.05 Å². The van der Waals surface area contributed by atoms with E-state index in [2.05, 4.69) is 20.1 Å². The van der Waals surface area contributed by atoms with E-state index >= 15 is 0 Å². The lowest BCUT2D eigenvalue weighted by atomic mass is 10.4. The first-order valence-electron chi connectivity index (χ1n) is 5.29. The average molecular weight is 268 g/mol. The monoisotopic (exact) mass is 267 g/mol. The van der Waals surface area contributed by atoms with Crippen molar-refractivity contribution in [1.29, 1.82) is 0 Å². The number of halogens is 1. The van der Waals surface area contributed by atoms with Gasteiger partial charge in [0, 0.05) is 19.0 Å². The molecule has 0 bridgehead atoms. The maximum Gasteiger partial charge on any atom is 0.192 e. The molecule has 0 spiro atoms. The van der Waals surface area contributed by atoms with E-state index < -0.39 is 0 Å². The summed E-state index contributed by atoms with van der Waals surface area (Å²) >= 11 is 7.44. The van der Waals surface area contributed by atoms with Gasteiger partial charge in [0.1, 0.15) is 22.3 Å². The van der Waals surface area contributed by atoms with Crippen molar-refractivity contribution in [2.75, 3.05) is 0 Å². The van der Waals surface area contributed by atoms with Crippen LogP contribution in [-0.4, -0.2) is 24.7 Å². The summed E-state index contributed by atoms with van der Waals surface area (Å²) in [6, 6.07) is 1.76. The van der Waals surface area contributed by atoms with Crippen LogP contribution < -0.4 is 0 Å². The lowest BCUT2D eigenvalue weighted by Gasteiger charge is -2.03. The van der Waals surface area contributed by atoms with Gasteiger partial charge in [0.05, 0.1) is 0 Å². The van der Waals surface area contributed by atoms with Crippen molar-refractivity contribution in [3.8, 4) is 0 Å². The Bertz CT molecular complexity index is 551. The molecule has 0 saturated heterocycles. The Hall–Kier alpha value is -1.14. The Morgan fingerprint density at radius 1 is 1.41 bits per heavy atom. The van der Waals surface area contributed by atoms with Crippen LogP contribution in [0.3, 0.4) is 0 Å². The van der Waals surface area contributed by atoms with Crippen LogP contribution in [0.2, 0.25) is 5.15 Å². The molecule has 0 amide bonds. The third-order valence-corrected chi connectivity index (χ3v) is 3.66. The van der Waals surface area contributed by atoms with Gasteiger partial charge in [-0.1, -0.05) is 11.6 Å². The minimum Gasteiger partial charge on any atom is -0.244 e. The Kier molecular flexibility index (Phi) is 2.76. The van der Waals surface area contributed by atoms with E-state index in [-0.39, 0.29) is 0 Å². The summed E-state index contributed by atoms with van der Waals surface area (Å²) in [5.74, 6) is 1.34. The van der Waals surface area contributed by atoms with Crippen molar-refractivity contribution in [2.45, 2.75) is 28.9 Å². The van der Waals surface area contributed by atoms with Gasteiger partial charge in [0.25, 0.3) is 0 Å². The Morgan fingerprint density at radius 3 is 2.88 bits per heavy atom. The molecule has 1 fully saturated rings. The summed E-state index contributed by atoms with van der Waals surface area (Å²) in [7, 11) is 1.85. The second kappa shape index (κ2) is 4.27. The summed E-state index contributed by atoms with van der Waals surface area (Å²) in [6.45, 7) is 0. The number of rotatable bonds is 3. The lowest BCUT2D eigenvalue weighted by Crippen LogP contribution is -1.97. The van der Waals surface area contributed by atoms with E-state index in [1.54, 1.807) is 10.7 Å². The van der Waals surface area contributed by atoms with E-state index in [0.717, 1.165) is 28.8 Å². The number of aryl methyl sites for hydroxylation is 1. The normalized spacial score (nSPS) is 15.2. The molecular formula is C10H10ClN5S. The van der Waals surface area contributed by atoms with E-state index in [9.17, 15) is 0 Å². The van der Waals surface area contributed by atoms with Gasteiger partial charge in [-0.3, -0.25) is 0 Å². The molecule has 88 valence electrons. The first-order chi connectivity index (χ1) is 8.22. The highest BCUT2D eigenvalue weighted by atomic mass is 35.5. The number of aromatic nitrogens is 5. The molecule has 2 aromatic heterocycles. The van der Waals surface area contributed by atoms with Gasteiger partial charge < -0.3 is 0 Å². The molecule has 0 N–H and O–H groups in total. The summed E-state index contributed by atoms with van der Waals surface area (Å²) < 4.78 is 1.71. The average Bonchev–Trinajstić information content (AvgIpc) is 3.05. The van der Waals surface area contributed by atoms with Gasteiger partial charge in [-0.2, -0.15) is 5.10 Å². The van der Waals surface area contributed by atoms with Gasteiger partial charge in [0.15, 0.2) is 5.16 Å². The highest BCUT2D eigenvalue weighted by Crippen LogP contribution is 2.39. The van der Waals surface area contributed by atoms with Crippen LogP contribution in [0.5, 0.6) is 0 Å². The van der Waals surface area contributed by atoms with Gasteiger partial charge in [-0.15, -0.1) is 0 Å². The Balaban J connectivity index is 1.89. The summed E-state index contributed by atoms with van der Waals surface area (Å²) in [4.78, 5) is 12.9. The molecule has 0 radical (unpaired) electrons. The standard InChI is InChI=1S/C10H10ClN5S/c1-16-10(12-5-13-16)17-8-4-7(11)14-9(15-8)6-2-3-6/h4-6H,2-3H2,1H3. The van der Waals surface area contributed by atoms with E-state index in [4.69, 9.17) is 11.6 Å². The maximum absolute atomic E-state index is 5.99. The number of nitrogens with zero attached hydrogens (tertiary/aromatic N) is 5. The molecule has 1 aliphatic rings. The highest BCUT2D eigenvalue weighted by molar-refractivity contribution is 7.99. The second-order valence-corrected chi connectivity index (χ2v) is 5.30.